The lowest BCUT2D eigenvalue weighted by atomic mass is 10.2. The Morgan fingerprint density at radius 3 is 3.05 bits per heavy atom. The summed E-state index contributed by atoms with van der Waals surface area (Å²) in [7, 11) is 1.97. The van der Waals surface area contributed by atoms with Gasteiger partial charge in [0.2, 0.25) is 0 Å². The van der Waals surface area contributed by atoms with Gasteiger partial charge in [-0.1, -0.05) is 12.5 Å². The van der Waals surface area contributed by atoms with E-state index in [0.717, 1.165) is 31.6 Å². The Morgan fingerprint density at radius 1 is 1.40 bits per heavy atom. The third-order valence-corrected chi connectivity index (χ3v) is 3.31. The number of benzene rings is 1. The Balaban J connectivity index is 2.05. The molecule has 0 saturated carbocycles. The largest absolute Gasteiger partial charge is 0.363 e. The number of anilines is 1. The fourth-order valence-corrected chi connectivity index (χ4v) is 2.21. The summed E-state index contributed by atoms with van der Waals surface area (Å²) in [5.74, 6) is 0.830. The van der Waals surface area contributed by atoms with Crippen LogP contribution < -0.4 is 5.32 Å². The zero-order valence-corrected chi connectivity index (χ0v) is 11.6. The number of likely N-dealkylation sites (tertiary alicyclic amines) is 1. The van der Waals surface area contributed by atoms with Crippen LogP contribution in [0.1, 0.15) is 31.2 Å². The molecule has 1 N–H and O–H groups in total. The van der Waals surface area contributed by atoms with Crippen LogP contribution in [0.4, 0.5) is 10.5 Å². The van der Waals surface area contributed by atoms with Gasteiger partial charge in [-0.25, -0.2) is 4.79 Å². The fraction of sp³-hybridized carbons (Fsp3) is 0.400. The summed E-state index contributed by atoms with van der Waals surface area (Å²) in [6.45, 7) is 0.941. The van der Waals surface area contributed by atoms with E-state index in [9.17, 15) is 4.79 Å². The molecule has 0 atom stereocenters. The van der Waals surface area contributed by atoms with E-state index in [1.165, 1.54) is 6.42 Å². The third kappa shape index (κ3) is 3.82. The highest BCUT2D eigenvalue weighted by Gasteiger charge is 2.12. The smallest absolute Gasteiger partial charge is 0.347 e. The van der Waals surface area contributed by atoms with E-state index in [4.69, 9.17) is 5.26 Å². The standard InChI is InChI=1S/C15H18N4O/c1-19-9-4-2-3-8-14(19)18-15(20)17-13-7-5-6-12(10-13)11-16/h5-7,10H,2-4,8-9H2,1H3,(H,17,20)/b18-14-. The number of hydrogen-bond acceptors (Lipinski definition) is 2. The van der Waals surface area contributed by atoms with Gasteiger partial charge in [0.05, 0.1) is 11.6 Å². The second kappa shape index (κ2) is 6.71. The molecule has 1 aromatic rings. The van der Waals surface area contributed by atoms with Gasteiger partial charge in [0.1, 0.15) is 5.84 Å². The quantitative estimate of drug-likeness (QED) is 0.853. The molecule has 5 heteroatoms. The van der Waals surface area contributed by atoms with Crippen LogP contribution in [-0.2, 0) is 0 Å². The van der Waals surface area contributed by atoms with Crippen LogP contribution >= 0.6 is 0 Å². The minimum Gasteiger partial charge on any atom is -0.363 e. The van der Waals surface area contributed by atoms with Crippen LogP contribution in [0.2, 0.25) is 0 Å². The molecule has 2 amide bonds. The van der Waals surface area contributed by atoms with E-state index >= 15 is 0 Å². The second-order valence-corrected chi connectivity index (χ2v) is 4.88. The Hall–Kier alpha value is -2.35. The van der Waals surface area contributed by atoms with Crippen molar-refractivity contribution in [1.82, 2.24) is 4.90 Å². The molecular weight excluding hydrogens is 252 g/mol. The predicted octanol–water partition coefficient (Wildman–Crippen LogP) is 2.99. The highest BCUT2D eigenvalue weighted by Crippen LogP contribution is 2.13. The molecule has 5 nitrogen and oxygen atoms in total. The molecule has 0 bridgehead atoms. The minimum absolute atomic E-state index is 0.385. The summed E-state index contributed by atoms with van der Waals surface area (Å²) in [5, 5.41) is 11.5. The number of nitriles is 1. The van der Waals surface area contributed by atoms with Gasteiger partial charge in [0, 0.05) is 25.7 Å². The van der Waals surface area contributed by atoms with Crippen LogP contribution in [0.15, 0.2) is 29.3 Å². The number of amidine groups is 1. The van der Waals surface area contributed by atoms with Crippen molar-refractivity contribution in [3.8, 4) is 6.07 Å². The number of nitrogens with zero attached hydrogens (tertiary/aromatic N) is 3. The first-order chi connectivity index (χ1) is 9.69. The first-order valence-corrected chi connectivity index (χ1v) is 6.79. The zero-order chi connectivity index (χ0) is 14.4. The maximum atomic E-state index is 11.9. The normalized spacial score (nSPS) is 17.4. The van der Waals surface area contributed by atoms with Gasteiger partial charge < -0.3 is 10.2 Å². The highest BCUT2D eigenvalue weighted by atomic mass is 16.2. The van der Waals surface area contributed by atoms with Gasteiger partial charge in [0.25, 0.3) is 0 Å². The van der Waals surface area contributed by atoms with E-state index in [0.29, 0.717) is 11.3 Å². The molecule has 20 heavy (non-hydrogen) atoms. The third-order valence-electron chi connectivity index (χ3n) is 3.31. The van der Waals surface area contributed by atoms with E-state index in [-0.39, 0.29) is 6.03 Å². The number of carbonyl (C=O) groups excluding carboxylic acids is 1. The molecule has 1 heterocycles. The molecule has 0 radical (unpaired) electrons. The van der Waals surface area contributed by atoms with E-state index in [2.05, 4.69) is 10.3 Å². The minimum atomic E-state index is -0.385. The number of rotatable bonds is 1. The molecule has 1 fully saturated rings. The monoisotopic (exact) mass is 270 g/mol. The Bertz CT molecular complexity index is 559. The summed E-state index contributed by atoms with van der Waals surface area (Å²) in [6.07, 6.45) is 4.22. The molecule has 2 rings (SSSR count). The van der Waals surface area contributed by atoms with Crippen molar-refractivity contribution in [2.45, 2.75) is 25.7 Å². The average Bonchev–Trinajstić information content (AvgIpc) is 2.64. The number of carbonyl (C=O) groups is 1. The summed E-state index contributed by atoms with van der Waals surface area (Å²) in [4.78, 5) is 18.1. The molecule has 0 unspecified atom stereocenters. The van der Waals surface area contributed by atoms with Crippen molar-refractivity contribution >= 4 is 17.6 Å². The van der Waals surface area contributed by atoms with Gasteiger partial charge in [-0.05, 0) is 31.0 Å². The molecule has 1 aliphatic rings. The predicted molar refractivity (Wildman–Crippen MR) is 78.7 cm³/mol. The van der Waals surface area contributed by atoms with Gasteiger partial charge in [-0.3, -0.25) is 0 Å². The summed E-state index contributed by atoms with van der Waals surface area (Å²) in [6, 6.07) is 8.47. The van der Waals surface area contributed by atoms with Gasteiger partial charge in [-0.2, -0.15) is 10.3 Å². The molecule has 1 aromatic carbocycles. The van der Waals surface area contributed by atoms with Crippen LogP contribution in [0, 0.1) is 11.3 Å². The molecule has 1 saturated heterocycles. The van der Waals surface area contributed by atoms with Gasteiger partial charge in [-0.15, -0.1) is 0 Å². The molecular formula is C15H18N4O. The topological polar surface area (TPSA) is 68.5 Å². The summed E-state index contributed by atoms with van der Waals surface area (Å²) in [5.41, 5.74) is 1.11. The molecule has 104 valence electrons. The van der Waals surface area contributed by atoms with Crippen LogP contribution in [0.5, 0.6) is 0 Å². The van der Waals surface area contributed by atoms with Gasteiger partial charge >= 0.3 is 6.03 Å². The SMILES string of the molecule is CN1CCCCC/C1=N/C(=O)Nc1cccc(C#N)c1. The average molecular weight is 270 g/mol. The van der Waals surface area contributed by atoms with E-state index in [1.807, 2.05) is 18.0 Å². The maximum Gasteiger partial charge on any atom is 0.347 e. The van der Waals surface area contributed by atoms with E-state index in [1.54, 1.807) is 24.3 Å². The van der Waals surface area contributed by atoms with Crippen molar-refractivity contribution in [3.63, 3.8) is 0 Å². The lowest BCUT2D eigenvalue weighted by molar-refractivity contribution is 0.259. The van der Waals surface area contributed by atoms with Crippen LogP contribution in [0.3, 0.4) is 0 Å². The number of hydrogen-bond donors (Lipinski definition) is 1. The first-order valence-electron chi connectivity index (χ1n) is 6.79. The Labute approximate surface area is 118 Å². The van der Waals surface area contributed by atoms with Crippen LogP contribution in [0.25, 0.3) is 0 Å². The van der Waals surface area contributed by atoms with Crippen molar-refractivity contribution in [1.29, 1.82) is 5.26 Å². The summed E-state index contributed by atoms with van der Waals surface area (Å²) < 4.78 is 0. The molecule has 0 aliphatic carbocycles. The first kappa shape index (κ1) is 14.1. The number of amides is 2. The van der Waals surface area contributed by atoms with Gasteiger partial charge in [0.15, 0.2) is 0 Å². The fourth-order valence-electron chi connectivity index (χ4n) is 2.21. The van der Waals surface area contributed by atoms with Crippen molar-refractivity contribution in [2.75, 3.05) is 18.9 Å². The molecule has 0 aromatic heterocycles. The second-order valence-electron chi connectivity index (χ2n) is 4.88. The maximum absolute atomic E-state index is 11.9. The number of aliphatic imine (C=N–C) groups is 1. The summed E-state index contributed by atoms with van der Waals surface area (Å²) >= 11 is 0. The Morgan fingerprint density at radius 2 is 2.25 bits per heavy atom. The van der Waals surface area contributed by atoms with Crippen molar-refractivity contribution in [3.05, 3.63) is 29.8 Å². The lowest BCUT2D eigenvalue weighted by Gasteiger charge is -2.17. The molecule has 1 aliphatic heterocycles. The lowest BCUT2D eigenvalue weighted by Crippen LogP contribution is -2.27. The number of nitrogens with one attached hydrogen (secondary N) is 1. The van der Waals surface area contributed by atoms with E-state index < -0.39 is 0 Å². The zero-order valence-electron chi connectivity index (χ0n) is 11.6. The molecule has 0 spiro atoms. The van der Waals surface area contributed by atoms with Crippen molar-refractivity contribution in [2.24, 2.45) is 4.99 Å². The van der Waals surface area contributed by atoms with Crippen molar-refractivity contribution < 1.29 is 4.79 Å². The highest BCUT2D eigenvalue weighted by molar-refractivity contribution is 5.99. The number of urea groups is 1. The Kier molecular flexibility index (Phi) is 4.72. The van der Waals surface area contributed by atoms with Crippen LogP contribution in [-0.4, -0.2) is 30.4 Å².